The van der Waals surface area contributed by atoms with Crippen molar-refractivity contribution in [1.82, 2.24) is 0 Å². The maximum Gasteiger partial charge on any atom is 0.374 e. The quantitative estimate of drug-likeness (QED) is 0.143. The molecule has 0 amide bonds. The van der Waals surface area contributed by atoms with Gasteiger partial charge in [0.1, 0.15) is 6.61 Å². The number of hydrogen-bond donors (Lipinski definition) is 3. The van der Waals surface area contributed by atoms with Crippen LogP contribution in [-0.4, -0.2) is 63.9 Å². The van der Waals surface area contributed by atoms with Crippen LogP contribution in [0.3, 0.4) is 0 Å². The van der Waals surface area contributed by atoms with Crippen molar-refractivity contribution in [2.75, 3.05) is 13.7 Å². The number of aromatic carboxylic acids is 2. The van der Waals surface area contributed by atoms with Crippen LogP contribution in [0.1, 0.15) is 73.1 Å². The molecule has 0 radical (unpaired) electrons. The molecule has 3 heterocycles. The number of para-hydroxylation sites is 1. The molecule has 1 aromatic carbocycles. The highest BCUT2D eigenvalue weighted by Gasteiger charge is 2.22. The van der Waals surface area contributed by atoms with Crippen molar-refractivity contribution < 1.29 is 62.5 Å². The van der Waals surface area contributed by atoms with Gasteiger partial charge >= 0.3 is 17.9 Å². The van der Waals surface area contributed by atoms with Crippen molar-refractivity contribution >= 4 is 29.4 Å². The van der Waals surface area contributed by atoms with Crippen LogP contribution in [0.5, 0.6) is 0 Å². The van der Waals surface area contributed by atoms with Crippen LogP contribution in [0.4, 0.5) is 5.69 Å². The minimum Gasteiger partial charge on any atom is -0.475 e. The van der Waals surface area contributed by atoms with E-state index in [9.17, 15) is 29.3 Å². The van der Waals surface area contributed by atoms with Crippen molar-refractivity contribution in [3.63, 3.8) is 0 Å². The largest absolute Gasteiger partial charge is 0.475 e. The average Bonchev–Trinajstić information content (AvgIpc) is 3.70. The number of benzene rings is 1. The molecule has 4 rings (SSSR count). The van der Waals surface area contributed by atoms with Crippen LogP contribution in [-0.2, 0) is 27.4 Å². The standard InChI is InChI=1S/C16H15NO7.C6H4O5.C4H8O2/c1-10(18)13-6-7-14(24-13)16(19)23-9-12-5-3-4-11(8-22-2)15(12)17(20)21;7-5(8)3-1-2-4(11-3)6(9)10;5-4-2-1-3-6-4/h3-7H,8-9H2,1-2H3;1-2H,(H,7,8)(H,9,10);4-5H,1-3H2. The lowest BCUT2D eigenvalue weighted by Gasteiger charge is -2.08. The third-order valence-corrected chi connectivity index (χ3v) is 5.13. The average molecular weight is 577 g/mol. The normalized spacial score (nSPS) is 13.7. The van der Waals surface area contributed by atoms with Crippen molar-refractivity contribution in [3.8, 4) is 0 Å². The van der Waals surface area contributed by atoms with E-state index in [1.54, 1.807) is 12.1 Å². The second-order valence-corrected chi connectivity index (χ2v) is 8.15. The molecule has 220 valence electrons. The highest BCUT2D eigenvalue weighted by molar-refractivity contribution is 5.93. The summed E-state index contributed by atoms with van der Waals surface area (Å²) in [6.45, 7) is 1.81. The van der Waals surface area contributed by atoms with Crippen LogP contribution in [0.15, 0.2) is 51.3 Å². The molecule has 2 aromatic heterocycles. The summed E-state index contributed by atoms with van der Waals surface area (Å²) in [5.74, 6) is -4.54. The molecule has 0 spiro atoms. The lowest BCUT2D eigenvalue weighted by atomic mass is 10.1. The molecule has 1 saturated heterocycles. The molecular formula is C26H27NO14. The van der Waals surface area contributed by atoms with Gasteiger partial charge in [0.15, 0.2) is 17.8 Å². The first kappa shape index (κ1) is 32.4. The second kappa shape index (κ2) is 15.7. The summed E-state index contributed by atoms with van der Waals surface area (Å²) in [5, 5.41) is 36.4. The number of rotatable bonds is 9. The van der Waals surface area contributed by atoms with E-state index >= 15 is 0 Å². The van der Waals surface area contributed by atoms with Gasteiger partial charge < -0.3 is 38.4 Å². The van der Waals surface area contributed by atoms with E-state index in [1.165, 1.54) is 32.2 Å². The Kier molecular flexibility index (Phi) is 12.4. The van der Waals surface area contributed by atoms with Gasteiger partial charge in [0, 0.05) is 27.1 Å². The zero-order valence-corrected chi connectivity index (χ0v) is 21.9. The fourth-order valence-corrected chi connectivity index (χ4v) is 3.25. The molecule has 41 heavy (non-hydrogen) atoms. The number of esters is 1. The van der Waals surface area contributed by atoms with Crippen molar-refractivity contribution in [1.29, 1.82) is 0 Å². The fraction of sp³-hybridized carbons (Fsp3) is 0.308. The summed E-state index contributed by atoms with van der Waals surface area (Å²) in [6, 6.07) is 9.53. The molecule has 0 aliphatic carbocycles. The Balaban J connectivity index is 0.000000281. The number of nitro groups is 1. The Bertz CT molecular complexity index is 1340. The van der Waals surface area contributed by atoms with Crippen LogP contribution in [0, 0.1) is 10.1 Å². The number of methoxy groups -OCH3 is 1. The first-order valence-corrected chi connectivity index (χ1v) is 11.8. The number of furan rings is 2. The molecule has 3 N–H and O–H groups in total. The number of carbonyl (C=O) groups excluding carboxylic acids is 2. The lowest BCUT2D eigenvalue weighted by molar-refractivity contribution is -0.386. The van der Waals surface area contributed by atoms with Gasteiger partial charge in [-0.1, -0.05) is 6.07 Å². The number of hydrogen-bond acceptors (Lipinski definition) is 12. The van der Waals surface area contributed by atoms with Crippen LogP contribution < -0.4 is 0 Å². The molecule has 1 unspecified atom stereocenters. The van der Waals surface area contributed by atoms with E-state index in [-0.39, 0.29) is 53.3 Å². The first-order chi connectivity index (χ1) is 19.4. The number of aliphatic hydroxyl groups excluding tert-OH is 1. The predicted molar refractivity (Wildman–Crippen MR) is 135 cm³/mol. The van der Waals surface area contributed by atoms with Crippen LogP contribution in [0.2, 0.25) is 0 Å². The molecule has 15 heteroatoms. The van der Waals surface area contributed by atoms with Crippen molar-refractivity contribution in [2.24, 2.45) is 0 Å². The zero-order valence-electron chi connectivity index (χ0n) is 21.9. The van der Waals surface area contributed by atoms with Gasteiger partial charge in [-0.15, -0.1) is 0 Å². The number of ether oxygens (including phenoxy) is 3. The summed E-state index contributed by atoms with van der Waals surface area (Å²) in [7, 11) is 1.43. The monoisotopic (exact) mass is 577 g/mol. The van der Waals surface area contributed by atoms with Gasteiger partial charge in [-0.3, -0.25) is 14.9 Å². The lowest BCUT2D eigenvalue weighted by Crippen LogP contribution is -2.07. The number of nitro benzene ring substituents is 1. The molecule has 1 atom stereocenters. The highest BCUT2D eigenvalue weighted by atomic mass is 16.6. The summed E-state index contributed by atoms with van der Waals surface area (Å²) >= 11 is 0. The van der Waals surface area contributed by atoms with Crippen molar-refractivity contribution in [2.45, 2.75) is 39.3 Å². The van der Waals surface area contributed by atoms with E-state index < -0.39 is 29.1 Å². The maximum atomic E-state index is 11.9. The molecule has 3 aromatic rings. The number of carboxylic acids is 2. The smallest absolute Gasteiger partial charge is 0.374 e. The number of aliphatic hydroxyl groups is 1. The molecule has 1 aliphatic heterocycles. The number of nitrogens with zero attached hydrogens (tertiary/aromatic N) is 1. The summed E-state index contributed by atoms with van der Waals surface area (Å²) in [5.41, 5.74) is 0.463. The minimum absolute atomic E-state index is 0.0371. The number of ketones is 1. The van der Waals surface area contributed by atoms with Crippen LogP contribution in [0.25, 0.3) is 0 Å². The summed E-state index contributed by atoms with van der Waals surface area (Å²) in [4.78, 5) is 54.1. The Morgan fingerprint density at radius 3 is 1.85 bits per heavy atom. The van der Waals surface area contributed by atoms with E-state index in [0.717, 1.165) is 31.6 Å². The maximum absolute atomic E-state index is 11.9. The Morgan fingerprint density at radius 1 is 0.927 bits per heavy atom. The van der Waals surface area contributed by atoms with Crippen LogP contribution >= 0.6 is 0 Å². The Labute approximate surface area is 232 Å². The molecule has 1 aliphatic rings. The number of carbonyl (C=O) groups is 4. The van der Waals surface area contributed by atoms with E-state index in [1.807, 2.05) is 0 Å². The van der Waals surface area contributed by atoms with Gasteiger partial charge in [-0.25, -0.2) is 14.4 Å². The van der Waals surface area contributed by atoms with Gasteiger partial charge in [0.25, 0.3) is 5.69 Å². The SMILES string of the molecule is COCc1cccc(COC(=O)c2ccc(C(C)=O)o2)c1[N+](=O)[O-].O=C(O)c1ccc(C(=O)O)o1.OC1CCCO1. The third kappa shape index (κ3) is 9.99. The molecule has 15 nitrogen and oxygen atoms in total. The molecular weight excluding hydrogens is 550 g/mol. The van der Waals surface area contributed by atoms with E-state index in [0.29, 0.717) is 5.56 Å². The number of carboxylic acid groups (broad SMARTS) is 2. The Morgan fingerprint density at radius 2 is 1.46 bits per heavy atom. The molecule has 1 fully saturated rings. The first-order valence-electron chi connectivity index (χ1n) is 11.8. The zero-order chi connectivity index (χ0) is 30.5. The highest BCUT2D eigenvalue weighted by Crippen LogP contribution is 2.25. The Hall–Kier alpha value is -4.86. The van der Waals surface area contributed by atoms with Gasteiger partial charge in [-0.05, 0) is 42.8 Å². The van der Waals surface area contributed by atoms with E-state index in [2.05, 4.69) is 4.42 Å². The fourth-order valence-electron chi connectivity index (χ4n) is 3.25. The second-order valence-electron chi connectivity index (χ2n) is 8.15. The minimum atomic E-state index is -1.28. The number of Topliss-reactive ketones (excluding diaryl/α,β-unsaturated/α-hetero) is 1. The van der Waals surface area contributed by atoms with Gasteiger partial charge in [0.2, 0.25) is 17.3 Å². The van der Waals surface area contributed by atoms with Crippen molar-refractivity contribution in [3.05, 3.63) is 86.7 Å². The summed E-state index contributed by atoms with van der Waals surface area (Å²) < 4.78 is 24.1. The topological polar surface area (TPSA) is 226 Å². The van der Waals surface area contributed by atoms with Gasteiger partial charge in [-0.2, -0.15) is 0 Å². The summed E-state index contributed by atoms with van der Waals surface area (Å²) in [6.07, 6.45) is 1.38. The molecule has 0 bridgehead atoms. The van der Waals surface area contributed by atoms with Gasteiger partial charge in [0.05, 0.1) is 22.7 Å². The van der Waals surface area contributed by atoms with E-state index in [4.69, 9.17) is 33.9 Å². The molecule has 0 saturated carbocycles. The predicted octanol–water partition coefficient (Wildman–Crippen LogP) is 3.69. The third-order valence-electron chi connectivity index (χ3n) is 5.13.